The maximum atomic E-state index is 12.5. The summed E-state index contributed by atoms with van der Waals surface area (Å²) >= 11 is 0. The Labute approximate surface area is 157 Å². The molecule has 0 aliphatic carbocycles. The van der Waals surface area contributed by atoms with Gasteiger partial charge < -0.3 is 15.4 Å². The first kappa shape index (κ1) is 19.3. The topological polar surface area (TPSA) is 62.4 Å². The first-order valence-electron chi connectivity index (χ1n) is 10.1. The second kappa shape index (κ2) is 10.0. The Kier molecular flexibility index (Phi) is 7.47. The van der Waals surface area contributed by atoms with Crippen molar-refractivity contribution in [1.29, 1.82) is 0 Å². The molecular formula is C21H34N3O2+. The molecule has 2 aliphatic heterocycles. The lowest BCUT2D eigenvalue weighted by Crippen LogP contribution is -2.50. The third-order valence-corrected chi connectivity index (χ3v) is 5.70. The Bertz CT molecular complexity index is 537. The van der Waals surface area contributed by atoms with Crippen molar-refractivity contribution < 1.29 is 9.53 Å². The number of ether oxygens (including phenoxy) is 1. The molecule has 0 saturated carbocycles. The number of nitrogens with two attached hydrogens (primary N) is 1. The van der Waals surface area contributed by atoms with Crippen molar-refractivity contribution in [3.63, 3.8) is 0 Å². The summed E-state index contributed by atoms with van der Waals surface area (Å²) in [4.78, 5) is 17.0. The van der Waals surface area contributed by atoms with Crippen molar-refractivity contribution in [1.82, 2.24) is 9.80 Å². The SMILES string of the molecule is NC(CCC(=O)N1CCN(CC2CC[OH+]CC2)CC1)Cc1ccccc1. The van der Waals surface area contributed by atoms with Crippen LogP contribution in [0.1, 0.15) is 31.2 Å². The molecule has 5 nitrogen and oxygen atoms in total. The van der Waals surface area contributed by atoms with Gasteiger partial charge in [-0.05, 0) is 24.3 Å². The van der Waals surface area contributed by atoms with E-state index in [0.29, 0.717) is 6.42 Å². The summed E-state index contributed by atoms with van der Waals surface area (Å²) in [7, 11) is 0. The summed E-state index contributed by atoms with van der Waals surface area (Å²) in [6, 6.07) is 10.3. The van der Waals surface area contributed by atoms with Crippen LogP contribution in [-0.4, -0.2) is 72.4 Å². The number of aliphatic hydroxyl groups is 2. The maximum Gasteiger partial charge on any atom is 0.222 e. The molecule has 1 aromatic rings. The molecule has 3 rings (SSSR count). The monoisotopic (exact) mass is 360 g/mol. The lowest BCUT2D eigenvalue weighted by molar-refractivity contribution is -0.133. The van der Waals surface area contributed by atoms with Crippen molar-refractivity contribution in [3.05, 3.63) is 35.9 Å². The molecule has 2 heterocycles. The number of benzene rings is 1. The van der Waals surface area contributed by atoms with Crippen molar-refractivity contribution in [2.24, 2.45) is 11.7 Å². The normalized spacial score (nSPS) is 20.9. The number of hydrogen-bond acceptors (Lipinski definition) is 3. The number of nitrogens with zero attached hydrogens (tertiary/aromatic N) is 2. The lowest BCUT2D eigenvalue weighted by atomic mass is 9.99. The Morgan fingerprint density at radius 2 is 1.81 bits per heavy atom. The van der Waals surface area contributed by atoms with Gasteiger partial charge in [-0.15, -0.1) is 0 Å². The standard InChI is InChI=1S/C21H33N3O2/c22-20(16-18-4-2-1-3-5-18)6-7-21(25)24-12-10-23(11-13-24)17-19-8-14-26-15-9-19/h1-5,19-20H,6-17,22H2/p+1. The number of carbonyl (C=O) groups is 1. The van der Waals surface area contributed by atoms with Crippen molar-refractivity contribution in [3.8, 4) is 0 Å². The van der Waals surface area contributed by atoms with E-state index in [4.69, 9.17) is 5.73 Å². The molecule has 2 aliphatic rings. The predicted octanol–water partition coefficient (Wildman–Crippen LogP) is 1.42. The minimum absolute atomic E-state index is 0.0550. The highest BCUT2D eigenvalue weighted by Crippen LogP contribution is 2.16. The highest BCUT2D eigenvalue weighted by molar-refractivity contribution is 5.76. The van der Waals surface area contributed by atoms with E-state index in [-0.39, 0.29) is 11.9 Å². The van der Waals surface area contributed by atoms with Crippen LogP contribution in [0.2, 0.25) is 0 Å². The Balaban J connectivity index is 1.33. The molecule has 1 aromatic carbocycles. The molecule has 1 amide bonds. The summed E-state index contributed by atoms with van der Waals surface area (Å²) in [5, 5.41) is 0. The van der Waals surface area contributed by atoms with Crippen LogP contribution in [0.5, 0.6) is 0 Å². The molecule has 2 saturated heterocycles. The first-order valence-corrected chi connectivity index (χ1v) is 10.1. The van der Waals surface area contributed by atoms with Gasteiger partial charge in [-0.2, -0.15) is 0 Å². The molecule has 1 unspecified atom stereocenters. The van der Waals surface area contributed by atoms with Crippen molar-refractivity contribution in [2.45, 2.75) is 38.1 Å². The number of rotatable bonds is 7. The Hall–Kier alpha value is -1.43. The van der Waals surface area contributed by atoms with E-state index in [1.165, 1.54) is 24.9 Å². The highest BCUT2D eigenvalue weighted by Gasteiger charge is 2.25. The Morgan fingerprint density at radius 1 is 1.12 bits per heavy atom. The van der Waals surface area contributed by atoms with Crippen LogP contribution in [-0.2, 0) is 11.2 Å². The summed E-state index contributed by atoms with van der Waals surface area (Å²) in [6.07, 6.45) is 4.64. The van der Waals surface area contributed by atoms with Gasteiger partial charge in [0.25, 0.3) is 0 Å². The minimum Gasteiger partial charge on any atom is -0.434 e. The zero-order valence-corrected chi connectivity index (χ0v) is 15.9. The highest BCUT2D eigenvalue weighted by atomic mass is 16.5. The molecule has 3 N–H and O–H groups in total. The van der Waals surface area contributed by atoms with Crippen molar-refractivity contribution >= 4 is 5.91 Å². The van der Waals surface area contributed by atoms with Gasteiger partial charge in [0.05, 0.1) is 0 Å². The molecule has 1 atom stereocenters. The zero-order valence-electron chi connectivity index (χ0n) is 15.9. The fraction of sp³-hybridized carbons (Fsp3) is 0.667. The van der Waals surface area contributed by atoms with Gasteiger partial charge in [-0.3, -0.25) is 9.69 Å². The molecule has 2 fully saturated rings. The van der Waals surface area contributed by atoms with Crippen LogP contribution in [0, 0.1) is 5.92 Å². The predicted molar refractivity (Wildman–Crippen MR) is 105 cm³/mol. The van der Waals surface area contributed by atoms with Gasteiger partial charge in [-0.1, -0.05) is 30.3 Å². The molecule has 144 valence electrons. The lowest BCUT2D eigenvalue weighted by Gasteiger charge is -2.37. The van der Waals surface area contributed by atoms with Crippen LogP contribution < -0.4 is 5.73 Å². The molecule has 26 heavy (non-hydrogen) atoms. The first-order chi connectivity index (χ1) is 12.7. The van der Waals surface area contributed by atoms with E-state index in [2.05, 4.69) is 21.8 Å². The van der Waals surface area contributed by atoms with E-state index in [0.717, 1.165) is 58.2 Å². The zero-order chi connectivity index (χ0) is 18.2. The van der Waals surface area contributed by atoms with Gasteiger partial charge in [0.2, 0.25) is 5.91 Å². The average Bonchev–Trinajstić information content (AvgIpc) is 2.68. The fourth-order valence-electron chi connectivity index (χ4n) is 4.02. The van der Waals surface area contributed by atoms with Crippen LogP contribution in [0.15, 0.2) is 30.3 Å². The van der Waals surface area contributed by atoms with Crippen LogP contribution in [0.3, 0.4) is 0 Å². The molecule has 0 radical (unpaired) electrons. The molecular weight excluding hydrogens is 326 g/mol. The summed E-state index contributed by atoms with van der Waals surface area (Å²) in [5.41, 5.74) is 7.47. The van der Waals surface area contributed by atoms with E-state index >= 15 is 0 Å². The van der Waals surface area contributed by atoms with Gasteiger partial charge in [-0.25, -0.2) is 0 Å². The molecule has 0 bridgehead atoms. The molecule has 5 heteroatoms. The second-order valence-electron chi connectivity index (χ2n) is 7.78. The maximum absolute atomic E-state index is 12.5. The summed E-state index contributed by atoms with van der Waals surface area (Å²) < 4.78 is 4.43. The quantitative estimate of drug-likeness (QED) is 0.748. The summed E-state index contributed by atoms with van der Waals surface area (Å²) in [6.45, 7) is 7.00. The number of carbonyl (C=O) groups excluding carboxylic acids is 1. The van der Waals surface area contributed by atoms with E-state index in [1.54, 1.807) is 0 Å². The average molecular weight is 361 g/mol. The van der Waals surface area contributed by atoms with Crippen molar-refractivity contribution in [2.75, 3.05) is 45.9 Å². The fourth-order valence-corrected chi connectivity index (χ4v) is 4.02. The largest absolute Gasteiger partial charge is 0.434 e. The van der Waals surface area contributed by atoms with E-state index in [9.17, 15) is 4.79 Å². The van der Waals surface area contributed by atoms with Crippen LogP contribution in [0.4, 0.5) is 0 Å². The Morgan fingerprint density at radius 3 is 2.50 bits per heavy atom. The van der Waals surface area contributed by atoms with Gasteiger partial charge in [0.1, 0.15) is 13.2 Å². The van der Waals surface area contributed by atoms with E-state index in [1.807, 2.05) is 23.1 Å². The van der Waals surface area contributed by atoms with Crippen LogP contribution in [0.25, 0.3) is 0 Å². The third kappa shape index (κ3) is 6.08. The number of amides is 1. The number of hydrogen-bond donors (Lipinski definition) is 1. The summed E-state index contributed by atoms with van der Waals surface area (Å²) in [5.74, 6) is 1.07. The molecule has 0 spiro atoms. The second-order valence-corrected chi connectivity index (χ2v) is 7.78. The minimum atomic E-state index is 0.0550. The van der Waals surface area contributed by atoms with E-state index < -0.39 is 0 Å². The van der Waals surface area contributed by atoms with Crippen LogP contribution >= 0.6 is 0 Å². The third-order valence-electron chi connectivity index (χ3n) is 5.70. The number of piperazine rings is 1. The van der Waals surface area contributed by atoms with Gasteiger partial charge >= 0.3 is 0 Å². The van der Waals surface area contributed by atoms with Gasteiger partial charge in [0, 0.05) is 58.0 Å². The molecule has 0 aromatic heterocycles. The van der Waals surface area contributed by atoms with Gasteiger partial charge in [0.15, 0.2) is 0 Å². The smallest absolute Gasteiger partial charge is 0.222 e.